The molecule has 102 valence electrons. The molecule has 0 N–H and O–H groups in total. The van der Waals surface area contributed by atoms with Crippen LogP contribution in [-0.4, -0.2) is 24.3 Å². The van der Waals surface area contributed by atoms with Crippen LogP contribution in [0.4, 0.5) is 0 Å². The van der Waals surface area contributed by atoms with E-state index in [9.17, 15) is 0 Å². The Hall–Kier alpha value is -2.09. The molecule has 0 aliphatic carbocycles. The fourth-order valence-electron chi connectivity index (χ4n) is 2.90. The Morgan fingerprint density at radius 3 is 2.30 bits per heavy atom. The highest BCUT2D eigenvalue weighted by Gasteiger charge is 2.24. The third-order valence-electron chi connectivity index (χ3n) is 3.75. The molecule has 1 aliphatic rings. The van der Waals surface area contributed by atoms with E-state index >= 15 is 0 Å². The van der Waals surface area contributed by atoms with Gasteiger partial charge in [0.15, 0.2) is 0 Å². The second kappa shape index (κ2) is 5.12. The average molecular weight is 264 g/mol. The van der Waals surface area contributed by atoms with Crippen molar-refractivity contribution in [2.24, 2.45) is 4.99 Å². The third kappa shape index (κ3) is 2.46. The standard InChI is InChI=1S/C18H20N2/c1-13-9-14(2)11-16(10-13)17-12-20(3)18(19-17)15-7-5-4-6-8-15/h4-11,17H,12H2,1-3H3. The number of aliphatic imine (C=N–C) groups is 1. The van der Waals surface area contributed by atoms with Crippen LogP contribution in [0.1, 0.15) is 28.3 Å². The Bertz CT molecular complexity index is 623. The van der Waals surface area contributed by atoms with Crippen molar-refractivity contribution in [3.05, 3.63) is 70.8 Å². The van der Waals surface area contributed by atoms with Crippen molar-refractivity contribution in [1.82, 2.24) is 4.90 Å². The first-order chi connectivity index (χ1) is 9.63. The van der Waals surface area contributed by atoms with E-state index in [1.54, 1.807) is 0 Å². The number of nitrogens with zero attached hydrogens (tertiary/aromatic N) is 2. The lowest BCUT2D eigenvalue weighted by Gasteiger charge is -2.15. The zero-order valence-electron chi connectivity index (χ0n) is 12.3. The van der Waals surface area contributed by atoms with Crippen LogP contribution in [0.2, 0.25) is 0 Å². The van der Waals surface area contributed by atoms with Gasteiger partial charge in [-0.25, -0.2) is 0 Å². The van der Waals surface area contributed by atoms with Crippen LogP contribution in [0.5, 0.6) is 0 Å². The molecule has 0 spiro atoms. The summed E-state index contributed by atoms with van der Waals surface area (Å²) < 4.78 is 0. The van der Waals surface area contributed by atoms with Crippen molar-refractivity contribution in [2.45, 2.75) is 19.9 Å². The molecule has 0 amide bonds. The number of rotatable bonds is 2. The van der Waals surface area contributed by atoms with Crippen LogP contribution in [0.3, 0.4) is 0 Å². The zero-order chi connectivity index (χ0) is 14.1. The lowest BCUT2D eigenvalue weighted by molar-refractivity contribution is 0.507. The summed E-state index contributed by atoms with van der Waals surface area (Å²) in [4.78, 5) is 7.18. The zero-order valence-corrected chi connectivity index (χ0v) is 12.3. The molecule has 1 unspecified atom stereocenters. The van der Waals surface area contributed by atoms with Gasteiger partial charge in [-0.3, -0.25) is 4.99 Å². The minimum Gasteiger partial charge on any atom is -0.357 e. The van der Waals surface area contributed by atoms with E-state index < -0.39 is 0 Å². The van der Waals surface area contributed by atoms with Gasteiger partial charge in [-0.15, -0.1) is 0 Å². The molecule has 0 saturated carbocycles. The molecule has 0 aromatic heterocycles. The Morgan fingerprint density at radius 1 is 1.00 bits per heavy atom. The Kier molecular flexibility index (Phi) is 3.31. The van der Waals surface area contributed by atoms with Crippen LogP contribution in [-0.2, 0) is 0 Å². The van der Waals surface area contributed by atoms with Crippen molar-refractivity contribution in [3.8, 4) is 0 Å². The predicted octanol–water partition coefficient (Wildman–Crippen LogP) is 3.74. The predicted molar refractivity (Wildman–Crippen MR) is 84.3 cm³/mol. The van der Waals surface area contributed by atoms with Gasteiger partial charge < -0.3 is 4.90 Å². The molecule has 2 aromatic rings. The molecule has 1 aliphatic heterocycles. The van der Waals surface area contributed by atoms with E-state index in [2.05, 4.69) is 68.3 Å². The van der Waals surface area contributed by atoms with Crippen molar-refractivity contribution >= 4 is 5.84 Å². The van der Waals surface area contributed by atoms with Crippen molar-refractivity contribution in [2.75, 3.05) is 13.6 Å². The molecular weight excluding hydrogens is 244 g/mol. The fourth-order valence-corrected chi connectivity index (χ4v) is 2.90. The molecule has 2 aromatic carbocycles. The first-order valence-corrected chi connectivity index (χ1v) is 7.06. The molecule has 20 heavy (non-hydrogen) atoms. The van der Waals surface area contributed by atoms with Gasteiger partial charge in [-0.05, 0) is 19.4 Å². The van der Waals surface area contributed by atoms with Crippen LogP contribution >= 0.6 is 0 Å². The van der Waals surface area contributed by atoms with Crippen LogP contribution in [0.25, 0.3) is 0 Å². The van der Waals surface area contributed by atoms with Gasteiger partial charge in [0.2, 0.25) is 0 Å². The van der Waals surface area contributed by atoms with Gasteiger partial charge in [-0.1, -0.05) is 59.7 Å². The SMILES string of the molecule is Cc1cc(C)cc(C2CN(C)C(c3ccccc3)=N2)c1. The normalized spacial score (nSPS) is 18.2. The summed E-state index contributed by atoms with van der Waals surface area (Å²) in [7, 11) is 2.12. The van der Waals surface area contributed by atoms with Crippen molar-refractivity contribution in [3.63, 3.8) is 0 Å². The van der Waals surface area contributed by atoms with Gasteiger partial charge in [0, 0.05) is 19.2 Å². The number of aryl methyl sites for hydroxylation is 2. The second-order valence-corrected chi connectivity index (χ2v) is 5.64. The topological polar surface area (TPSA) is 15.6 Å². The molecule has 0 radical (unpaired) electrons. The van der Waals surface area contributed by atoms with E-state index in [0.717, 1.165) is 12.4 Å². The van der Waals surface area contributed by atoms with Gasteiger partial charge >= 0.3 is 0 Å². The van der Waals surface area contributed by atoms with Crippen LogP contribution in [0, 0.1) is 13.8 Å². The quantitative estimate of drug-likeness (QED) is 0.807. The number of amidine groups is 1. The minimum absolute atomic E-state index is 0.244. The summed E-state index contributed by atoms with van der Waals surface area (Å²) in [5.41, 5.74) is 5.14. The van der Waals surface area contributed by atoms with E-state index in [4.69, 9.17) is 4.99 Å². The molecule has 0 saturated heterocycles. The highest BCUT2D eigenvalue weighted by Crippen LogP contribution is 2.27. The number of benzene rings is 2. The summed E-state index contributed by atoms with van der Waals surface area (Å²) in [6.07, 6.45) is 0. The van der Waals surface area contributed by atoms with Gasteiger partial charge in [0.25, 0.3) is 0 Å². The molecule has 2 nitrogen and oxygen atoms in total. The third-order valence-corrected chi connectivity index (χ3v) is 3.75. The summed E-state index contributed by atoms with van der Waals surface area (Å²) in [6, 6.07) is 17.4. The van der Waals surface area contributed by atoms with E-state index in [1.807, 2.05) is 6.07 Å². The largest absolute Gasteiger partial charge is 0.357 e. The monoisotopic (exact) mass is 264 g/mol. The first-order valence-electron chi connectivity index (χ1n) is 7.06. The molecule has 2 heteroatoms. The second-order valence-electron chi connectivity index (χ2n) is 5.64. The van der Waals surface area contributed by atoms with E-state index in [1.165, 1.54) is 22.3 Å². The Balaban J connectivity index is 1.95. The maximum absolute atomic E-state index is 4.93. The molecule has 0 fully saturated rings. The minimum atomic E-state index is 0.244. The highest BCUT2D eigenvalue weighted by molar-refractivity contribution is 5.99. The molecule has 1 atom stereocenters. The smallest absolute Gasteiger partial charge is 0.131 e. The maximum Gasteiger partial charge on any atom is 0.131 e. The summed E-state index contributed by atoms with van der Waals surface area (Å²) in [6.45, 7) is 5.25. The maximum atomic E-state index is 4.93. The lowest BCUT2D eigenvalue weighted by Crippen LogP contribution is -2.23. The molecular formula is C18H20N2. The molecule has 1 heterocycles. The van der Waals surface area contributed by atoms with E-state index in [0.29, 0.717) is 0 Å². The summed E-state index contributed by atoms with van der Waals surface area (Å²) in [5, 5.41) is 0. The Morgan fingerprint density at radius 2 is 1.65 bits per heavy atom. The highest BCUT2D eigenvalue weighted by atomic mass is 15.2. The average Bonchev–Trinajstić information content (AvgIpc) is 2.81. The van der Waals surface area contributed by atoms with Crippen molar-refractivity contribution < 1.29 is 0 Å². The Labute approximate surface area is 120 Å². The van der Waals surface area contributed by atoms with Crippen molar-refractivity contribution in [1.29, 1.82) is 0 Å². The summed E-state index contributed by atoms with van der Waals surface area (Å²) >= 11 is 0. The summed E-state index contributed by atoms with van der Waals surface area (Å²) in [5.74, 6) is 1.09. The molecule has 0 bridgehead atoms. The van der Waals surface area contributed by atoms with Crippen LogP contribution in [0.15, 0.2) is 53.5 Å². The number of hydrogen-bond acceptors (Lipinski definition) is 2. The first kappa shape index (κ1) is 12.9. The lowest BCUT2D eigenvalue weighted by atomic mass is 10.0. The molecule has 3 rings (SSSR count). The van der Waals surface area contributed by atoms with Gasteiger partial charge in [0.1, 0.15) is 5.84 Å². The van der Waals surface area contributed by atoms with Crippen LogP contribution < -0.4 is 0 Å². The number of hydrogen-bond donors (Lipinski definition) is 0. The van der Waals surface area contributed by atoms with Gasteiger partial charge in [0.05, 0.1) is 6.04 Å². The van der Waals surface area contributed by atoms with E-state index in [-0.39, 0.29) is 6.04 Å². The van der Waals surface area contributed by atoms with Gasteiger partial charge in [-0.2, -0.15) is 0 Å². The number of likely N-dealkylation sites (N-methyl/N-ethyl adjacent to an activating group) is 1. The fraction of sp³-hybridized carbons (Fsp3) is 0.278.